The molecule has 0 rings (SSSR count). The molecule has 0 aromatic heterocycles. The third-order valence-corrected chi connectivity index (χ3v) is 11.7. The molecular formula is C53H99NO5. The smallest absolute Gasteiger partial charge is 0.305 e. The van der Waals surface area contributed by atoms with Crippen molar-refractivity contribution in [2.75, 3.05) is 13.2 Å². The van der Waals surface area contributed by atoms with Crippen LogP contribution >= 0.6 is 0 Å². The Balaban J connectivity index is 3.55. The van der Waals surface area contributed by atoms with E-state index in [2.05, 4.69) is 43.5 Å². The molecule has 0 heterocycles. The predicted molar refractivity (Wildman–Crippen MR) is 255 cm³/mol. The summed E-state index contributed by atoms with van der Waals surface area (Å²) in [5.41, 5.74) is 0. The number of allylic oxidation sites excluding steroid dienone is 5. The van der Waals surface area contributed by atoms with Gasteiger partial charge in [-0.25, -0.2) is 0 Å². The van der Waals surface area contributed by atoms with Gasteiger partial charge in [-0.2, -0.15) is 0 Å². The van der Waals surface area contributed by atoms with Gasteiger partial charge in [0.2, 0.25) is 5.91 Å². The fourth-order valence-electron chi connectivity index (χ4n) is 7.66. The van der Waals surface area contributed by atoms with Gasteiger partial charge in [0, 0.05) is 12.8 Å². The Morgan fingerprint density at radius 3 is 1.32 bits per heavy atom. The molecule has 6 nitrogen and oxygen atoms in total. The number of amides is 1. The molecule has 0 aliphatic rings. The lowest BCUT2D eigenvalue weighted by molar-refractivity contribution is -0.143. The summed E-state index contributed by atoms with van der Waals surface area (Å²) in [6.45, 7) is 4.80. The van der Waals surface area contributed by atoms with Gasteiger partial charge in [0.15, 0.2) is 0 Å². The summed E-state index contributed by atoms with van der Waals surface area (Å²) in [5.74, 6) is -0.138. The fourth-order valence-corrected chi connectivity index (χ4v) is 7.66. The maximum atomic E-state index is 12.4. The zero-order valence-corrected chi connectivity index (χ0v) is 39.2. The van der Waals surface area contributed by atoms with E-state index in [-0.39, 0.29) is 18.5 Å². The lowest BCUT2D eigenvalue weighted by atomic mass is 10.0. The highest BCUT2D eigenvalue weighted by molar-refractivity contribution is 5.76. The van der Waals surface area contributed by atoms with Crippen LogP contribution in [-0.2, 0) is 14.3 Å². The molecule has 0 bridgehead atoms. The number of carbonyl (C=O) groups is 2. The van der Waals surface area contributed by atoms with E-state index in [0.29, 0.717) is 19.4 Å². The van der Waals surface area contributed by atoms with E-state index in [1.807, 2.05) is 6.08 Å². The SMILES string of the molecule is CCCCC/C=C\C/C=C\CCCCCCCC(=O)OCCCCCCCCCCCC(=O)NC(CO)C(O)/C=C/CCCCCCCCCCCCCCCCCC. The third-order valence-electron chi connectivity index (χ3n) is 11.7. The number of carbonyl (C=O) groups excluding carboxylic acids is 2. The zero-order valence-electron chi connectivity index (χ0n) is 39.2. The van der Waals surface area contributed by atoms with Gasteiger partial charge in [-0.1, -0.05) is 224 Å². The first-order valence-electron chi connectivity index (χ1n) is 25.8. The number of ether oxygens (including phenoxy) is 1. The van der Waals surface area contributed by atoms with Crippen molar-refractivity contribution in [1.82, 2.24) is 5.32 Å². The Labute approximate surface area is 366 Å². The van der Waals surface area contributed by atoms with Crippen molar-refractivity contribution in [2.45, 2.75) is 276 Å². The van der Waals surface area contributed by atoms with E-state index in [0.717, 1.165) is 70.6 Å². The van der Waals surface area contributed by atoms with Crippen molar-refractivity contribution in [3.63, 3.8) is 0 Å². The fraction of sp³-hybridized carbons (Fsp3) is 0.849. The maximum Gasteiger partial charge on any atom is 0.305 e. The molecule has 0 saturated heterocycles. The van der Waals surface area contributed by atoms with E-state index in [1.54, 1.807) is 6.08 Å². The third kappa shape index (κ3) is 45.4. The molecule has 59 heavy (non-hydrogen) atoms. The minimum Gasteiger partial charge on any atom is -0.466 e. The Hall–Kier alpha value is -1.92. The van der Waals surface area contributed by atoms with Crippen molar-refractivity contribution in [3.8, 4) is 0 Å². The van der Waals surface area contributed by atoms with Crippen molar-refractivity contribution in [2.24, 2.45) is 0 Å². The van der Waals surface area contributed by atoms with Gasteiger partial charge < -0.3 is 20.3 Å². The van der Waals surface area contributed by atoms with Crippen LogP contribution < -0.4 is 5.32 Å². The van der Waals surface area contributed by atoms with Gasteiger partial charge in [0.1, 0.15) is 0 Å². The molecule has 0 aromatic carbocycles. The predicted octanol–water partition coefficient (Wildman–Crippen LogP) is 15.3. The highest BCUT2D eigenvalue weighted by Crippen LogP contribution is 2.15. The first-order chi connectivity index (χ1) is 29.0. The zero-order chi connectivity index (χ0) is 43.0. The van der Waals surface area contributed by atoms with E-state index in [4.69, 9.17) is 4.74 Å². The molecule has 2 unspecified atom stereocenters. The number of nitrogens with one attached hydrogen (secondary N) is 1. The van der Waals surface area contributed by atoms with E-state index in [1.165, 1.54) is 167 Å². The summed E-state index contributed by atoms with van der Waals surface area (Å²) in [6.07, 6.45) is 58.5. The molecule has 0 saturated carbocycles. The van der Waals surface area contributed by atoms with E-state index < -0.39 is 12.1 Å². The average molecular weight is 830 g/mol. The first-order valence-corrected chi connectivity index (χ1v) is 25.8. The minimum absolute atomic E-state index is 0.0415. The minimum atomic E-state index is -0.863. The van der Waals surface area contributed by atoms with E-state index >= 15 is 0 Å². The summed E-state index contributed by atoms with van der Waals surface area (Å²) < 4.78 is 5.44. The molecule has 0 aliphatic carbocycles. The van der Waals surface area contributed by atoms with Crippen molar-refractivity contribution < 1.29 is 24.5 Å². The summed E-state index contributed by atoms with van der Waals surface area (Å²) in [7, 11) is 0. The molecule has 0 fully saturated rings. The summed E-state index contributed by atoms with van der Waals surface area (Å²) in [4.78, 5) is 24.5. The topological polar surface area (TPSA) is 95.9 Å². The average Bonchev–Trinajstić information content (AvgIpc) is 3.24. The summed E-state index contributed by atoms with van der Waals surface area (Å²) >= 11 is 0. The van der Waals surface area contributed by atoms with Crippen LogP contribution in [0, 0.1) is 0 Å². The molecule has 1 amide bonds. The van der Waals surface area contributed by atoms with Gasteiger partial charge in [0.25, 0.3) is 0 Å². The lowest BCUT2D eigenvalue weighted by Crippen LogP contribution is -2.45. The molecule has 0 aromatic rings. The second-order valence-corrected chi connectivity index (χ2v) is 17.5. The molecule has 0 radical (unpaired) electrons. The molecular weight excluding hydrogens is 731 g/mol. The van der Waals surface area contributed by atoms with Crippen molar-refractivity contribution in [1.29, 1.82) is 0 Å². The number of aliphatic hydroxyl groups is 2. The first kappa shape index (κ1) is 57.1. The van der Waals surface area contributed by atoms with Crippen LogP contribution in [-0.4, -0.2) is 47.4 Å². The van der Waals surface area contributed by atoms with Gasteiger partial charge in [-0.05, 0) is 64.2 Å². The number of hydrogen-bond acceptors (Lipinski definition) is 5. The van der Waals surface area contributed by atoms with Crippen molar-refractivity contribution >= 4 is 11.9 Å². The molecule has 6 heteroatoms. The molecule has 346 valence electrons. The van der Waals surface area contributed by atoms with E-state index in [9.17, 15) is 19.8 Å². The van der Waals surface area contributed by atoms with Gasteiger partial charge in [0.05, 0.1) is 25.4 Å². The summed E-state index contributed by atoms with van der Waals surface area (Å²) in [6, 6.07) is -0.649. The van der Waals surface area contributed by atoms with Crippen LogP contribution in [0.1, 0.15) is 264 Å². The monoisotopic (exact) mass is 830 g/mol. The van der Waals surface area contributed by atoms with Crippen LogP contribution in [0.4, 0.5) is 0 Å². The van der Waals surface area contributed by atoms with Crippen molar-refractivity contribution in [3.05, 3.63) is 36.5 Å². The highest BCUT2D eigenvalue weighted by Gasteiger charge is 2.18. The normalized spacial score (nSPS) is 12.9. The molecule has 0 aliphatic heterocycles. The number of rotatable bonds is 47. The maximum absolute atomic E-state index is 12.4. The number of hydrogen-bond donors (Lipinski definition) is 3. The van der Waals surface area contributed by atoms with Gasteiger partial charge in [-0.3, -0.25) is 9.59 Å². The van der Waals surface area contributed by atoms with Crippen LogP contribution in [0.5, 0.6) is 0 Å². The molecule has 0 spiro atoms. The second kappa shape index (κ2) is 48.7. The van der Waals surface area contributed by atoms with Crippen LogP contribution in [0.2, 0.25) is 0 Å². The Morgan fingerprint density at radius 1 is 0.475 bits per heavy atom. The number of esters is 1. The molecule has 2 atom stereocenters. The Kier molecular flexibility index (Phi) is 47.2. The van der Waals surface area contributed by atoms with Gasteiger partial charge in [-0.15, -0.1) is 0 Å². The number of aliphatic hydroxyl groups excluding tert-OH is 2. The van der Waals surface area contributed by atoms with Crippen LogP contribution in [0.25, 0.3) is 0 Å². The summed E-state index contributed by atoms with van der Waals surface area (Å²) in [5, 5.41) is 23.1. The quantitative estimate of drug-likeness (QED) is 0.0323. The van der Waals surface area contributed by atoms with Crippen LogP contribution in [0.3, 0.4) is 0 Å². The largest absolute Gasteiger partial charge is 0.466 e. The Bertz CT molecular complexity index is 962. The highest BCUT2D eigenvalue weighted by atomic mass is 16.5. The standard InChI is InChI=1S/C53H99NO5/c1-3-5-7-9-11-13-15-17-19-20-21-23-24-26-29-33-37-41-45-51(56)50(49-55)54-52(57)46-42-38-34-30-28-32-36-40-44-48-59-53(58)47-43-39-35-31-27-25-22-18-16-14-12-10-8-6-4-2/h12,14,18,22,41,45,50-51,55-56H,3-11,13,15-17,19-21,23-40,42-44,46-49H2,1-2H3,(H,54,57)/b14-12-,22-18-,45-41+. The second-order valence-electron chi connectivity index (χ2n) is 17.5. The number of unbranched alkanes of at least 4 members (excludes halogenated alkanes) is 32. The molecule has 3 N–H and O–H groups in total. The Morgan fingerprint density at radius 2 is 0.847 bits per heavy atom. The van der Waals surface area contributed by atoms with Crippen LogP contribution in [0.15, 0.2) is 36.5 Å². The lowest BCUT2D eigenvalue weighted by Gasteiger charge is -2.20. The van der Waals surface area contributed by atoms with Gasteiger partial charge >= 0.3 is 5.97 Å².